The standard InChI is InChI=1S/C15H16Cl2N2/c1-10-4-11(2)6-13(5-10)19(3)15-7-12(8-16)14(17)9-18-15/h4-7,9H,8H2,1-3H3. The van der Waals surface area contributed by atoms with Gasteiger partial charge in [0, 0.05) is 24.8 Å². The van der Waals surface area contributed by atoms with Crippen LogP contribution in [0, 0.1) is 13.8 Å². The molecular weight excluding hydrogens is 279 g/mol. The van der Waals surface area contributed by atoms with Gasteiger partial charge in [-0.3, -0.25) is 0 Å². The Hall–Kier alpha value is -1.25. The SMILES string of the molecule is Cc1cc(C)cc(N(C)c2cc(CCl)c(Cl)cn2)c1. The van der Waals surface area contributed by atoms with Crippen LogP contribution in [0.5, 0.6) is 0 Å². The molecule has 0 saturated heterocycles. The summed E-state index contributed by atoms with van der Waals surface area (Å²) >= 11 is 11.9. The summed E-state index contributed by atoms with van der Waals surface area (Å²) in [5, 5.41) is 0.604. The molecule has 19 heavy (non-hydrogen) atoms. The van der Waals surface area contributed by atoms with Crippen LogP contribution < -0.4 is 4.90 Å². The molecule has 1 aromatic heterocycles. The molecule has 1 heterocycles. The molecule has 0 N–H and O–H groups in total. The van der Waals surface area contributed by atoms with Gasteiger partial charge in [-0.2, -0.15) is 0 Å². The van der Waals surface area contributed by atoms with E-state index in [2.05, 4.69) is 37.0 Å². The number of anilines is 2. The van der Waals surface area contributed by atoms with E-state index in [1.165, 1.54) is 11.1 Å². The Kier molecular flexibility index (Phi) is 4.33. The Bertz CT molecular complexity index is 576. The molecule has 1 aromatic carbocycles. The number of nitrogens with zero attached hydrogens (tertiary/aromatic N) is 2. The van der Waals surface area contributed by atoms with E-state index in [1.54, 1.807) is 6.20 Å². The van der Waals surface area contributed by atoms with Crippen LogP contribution in [-0.2, 0) is 5.88 Å². The Balaban J connectivity index is 2.40. The van der Waals surface area contributed by atoms with Crippen LogP contribution in [0.3, 0.4) is 0 Å². The second kappa shape index (κ2) is 5.81. The molecule has 0 bridgehead atoms. The maximum absolute atomic E-state index is 6.03. The second-order valence-corrected chi connectivity index (χ2v) is 5.35. The molecule has 0 amide bonds. The predicted molar refractivity (Wildman–Crippen MR) is 82.8 cm³/mol. The summed E-state index contributed by atoms with van der Waals surface area (Å²) in [7, 11) is 1.99. The average molecular weight is 295 g/mol. The fourth-order valence-corrected chi connectivity index (χ4v) is 2.49. The van der Waals surface area contributed by atoms with Crippen molar-refractivity contribution in [3.05, 3.63) is 52.2 Å². The Labute approximate surface area is 124 Å². The van der Waals surface area contributed by atoms with Crippen LogP contribution in [-0.4, -0.2) is 12.0 Å². The monoisotopic (exact) mass is 294 g/mol. The molecule has 0 aliphatic rings. The van der Waals surface area contributed by atoms with Crippen molar-refractivity contribution >= 4 is 34.7 Å². The zero-order valence-electron chi connectivity index (χ0n) is 11.2. The molecule has 0 atom stereocenters. The van der Waals surface area contributed by atoms with Gasteiger partial charge in [-0.1, -0.05) is 17.7 Å². The maximum atomic E-state index is 6.03. The lowest BCUT2D eigenvalue weighted by Gasteiger charge is -2.20. The number of halogens is 2. The van der Waals surface area contributed by atoms with Crippen molar-refractivity contribution in [1.29, 1.82) is 0 Å². The van der Waals surface area contributed by atoms with Gasteiger partial charge >= 0.3 is 0 Å². The minimum absolute atomic E-state index is 0.384. The van der Waals surface area contributed by atoms with Gasteiger partial charge in [0.25, 0.3) is 0 Å². The lowest BCUT2D eigenvalue weighted by molar-refractivity contribution is 1.11. The summed E-state index contributed by atoms with van der Waals surface area (Å²) in [6.07, 6.45) is 1.65. The molecule has 100 valence electrons. The van der Waals surface area contributed by atoms with E-state index < -0.39 is 0 Å². The quantitative estimate of drug-likeness (QED) is 0.752. The number of pyridine rings is 1. The molecule has 0 unspecified atom stereocenters. The van der Waals surface area contributed by atoms with Crippen LogP contribution in [0.1, 0.15) is 16.7 Å². The molecule has 0 spiro atoms. The number of hydrogen-bond donors (Lipinski definition) is 0. The van der Waals surface area contributed by atoms with Gasteiger partial charge in [0.1, 0.15) is 5.82 Å². The van der Waals surface area contributed by atoms with E-state index in [4.69, 9.17) is 23.2 Å². The normalized spacial score (nSPS) is 10.6. The van der Waals surface area contributed by atoms with Crippen molar-refractivity contribution in [3.63, 3.8) is 0 Å². The van der Waals surface area contributed by atoms with Gasteiger partial charge in [0.05, 0.1) is 5.02 Å². The summed E-state index contributed by atoms with van der Waals surface area (Å²) in [6.45, 7) is 4.17. The molecule has 2 nitrogen and oxygen atoms in total. The number of benzene rings is 1. The largest absolute Gasteiger partial charge is 0.329 e. The smallest absolute Gasteiger partial charge is 0.133 e. The number of hydrogen-bond acceptors (Lipinski definition) is 2. The van der Waals surface area contributed by atoms with Crippen molar-refractivity contribution in [2.45, 2.75) is 19.7 Å². The van der Waals surface area contributed by atoms with Crippen molar-refractivity contribution in [2.24, 2.45) is 0 Å². The van der Waals surface area contributed by atoms with Crippen LogP contribution in [0.15, 0.2) is 30.5 Å². The lowest BCUT2D eigenvalue weighted by Crippen LogP contribution is -2.12. The van der Waals surface area contributed by atoms with Gasteiger partial charge in [0.2, 0.25) is 0 Å². The van der Waals surface area contributed by atoms with E-state index in [9.17, 15) is 0 Å². The van der Waals surface area contributed by atoms with Gasteiger partial charge in [-0.15, -0.1) is 11.6 Å². The molecule has 0 fully saturated rings. The molecule has 2 rings (SSSR count). The zero-order valence-corrected chi connectivity index (χ0v) is 12.8. The van der Waals surface area contributed by atoms with Gasteiger partial charge < -0.3 is 4.90 Å². The Morgan fingerprint density at radius 2 is 1.74 bits per heavy atom. The highest BCUT2D eigenvalue weighted by atomic mass is 35.5. The maximum Gasteiger partial charge on any atom is 0.133 e. The van der Waals surface area contributed by atoms with Gasteiger partial charge in [-0.25, -0.2) is 4.98 Å². The third-order valence-electron chi connectivity index (χ3n) is 3.00. The van der Waals surface area contributed by atoms with Crippen LogP contribution in [0.25, 0.3) is 0 Å². The molecule has 0 saturated carbocycles. The molecule has 0 aliphatic heterocycles. The minimum Gasteiger partial charge on any atom is -0.329 e. The highest BCUT2D eigenvalue weighted by Crippen LogP contribution is 2.27. The first-order valence-corrected chi connectivity index (χ1v) is 6.95. The second-order valence-electron chi connectivity index (χ2n) is 4.67. The van der Waals surface area contributed by atoms with Crippen molar-refractivity contribution < 1.29 is 0 Å². The van der Waals surface area contributed by atoms with Crippen LogP contribution >= 0.6 is 23.2 Å². The third-order valence-corrected chi connectivity index (χ3v) is 3.63. The number of aromatic nitrogens is 1. The first kappa shape index (κ1) is 14.2. The summed E-state index contributed by atoms with van der Waals surface area (Å²) < 4.78 is 0. The van der Waals surface area contributed by atoms with Crippen molar-refractivity contribution in [2.75, 3.05) is 11.9 Å². The first-order valence-electron chi connectivity index (χ1n) is 6.03. The van der Waals surface area contributed by atoms with E-state index in [0.717, 1.165) is 17.1 Å². The summed E-state index contributed by atoms with van der Waals surface area (Å²) in [5.74, 6) is 1.22. The fourth-order valence-electron chi connectivity index (χ4n) is 2.03. The van der Waals surface area contributed by atoms with E-state index in [-0.39, 0.29) is 0 Å². The zero-order chi connectivity index (χ0) is 14.0. The number of aryl methyl sites for hydroxylation is 2. The number of rotatable bonds is 3. The molecule has 0 aliphatic carbocycles. The molecule has 4 heteroatoms. The van der Waals surface area contributed by atoms with E-state index >= 15 is 0 Å². The van der Waals surface area contributed by atoms with E-state index in [1.807, 2.05) is 18.0 Å². The van der Waals surface area contributed by atoms with Crippen molar-refractivity contribution in [3.8, 4) is 0 Å². The number of alkyl halides is 1. The Morgan fingerprint density at radius 1 is 1.11 bits per heavy atom. The third kappa shape index (κ3) is 3.20. The average Bonchev–Trinajstić information content (AvgIpc) is 2.37. The fraction of sp³-hybridized carbons (Fsp3) is 0.267. The van der Waals surface area contributed by atoms with Gasteiger partial charge in [-0.05, 0) is 48.7 Å². The summed E-state index contributed by atoms with van der Waals surface area (Å²) in [5.41, 5.74) is 4.46. The minimum atomic E-state index is 0.384. The Morgan fingerprint density at radius 3 is 2.32 bits per heavy atom. The van der Waals surface area contributed by atoms with Crippen LogP contribution in [0.4, 0.5) is 11.5 Å². The highest BCUT2D eigenvalue weighted by Gasteiger charge is 2.09. The first-order chi connectivity index (χ1) is 9.01. The topological polar surface area (TPSA) is 16.1 Å². The molecular formula is C15H16Cl2N2. The lowest BCUT2D eigenvalue weighted by atomic mass is 10.1. The van der Waals surface area contributed by atoms with Crippen molar-refractivity contribution in [1.82, 2.24) is 4.98 Å². The van der Waals surface area contributed by atoms with E-state index in [0.29, 0.717) is 10.9 Å². The predicted octanol–water partition coefficient (Wildman–Crippen LogP) is 4.86. The molecule has 0 radical (unpaired) electrons. The van der Waals surface area contributed by atoms with Crippen LogP contribution in [0.2, 0.25) is 5.02 Å². The molecule has 2 aromatic rings. The highest BCUT2D eigenvalue weighted by molar-refractivity contribution is 6.32. The summed E-state index contributed by atoms with van der Waals surface area (Å²) in [4.78, 5) is 6.39. The summed E-state index contributed by atoms with van der Waals surface area (Å²) in [6, 6.07) is 8.33. The van der Waals surface area contributed by atoms with Gasteiger partial charge in [0.15, 0.2) is 0 Å².